The second kappa shape index (κ2) is 8.92. The molecule has 2 rings (SSSR count). The van der Waals surface area contributed by atoms with Gasteiger partial charge < -0.3 is 15.2 Å². The average Bonchev–Trinajstić information content (AvgIpc) is 3.07. The molecule has 1 aromatic heterocycles. The van der Waals surface area contributed by atoms with Gasteiger partial charge in [0.1, 0.15) is 20.6 Å². The van der Waals surface area contributed by atoms with Gasteiger partial charge >= 0.3 is 12.6 Å². The Hall–Kier alpha value is -2.15. The maximum absolute atomic E-state index is 12.7. The van der Waals surface area contributed by atoms with Crippen LogP contribution in [0.15, 0.2) is 26.9 Å². The summed E-state index contributed by atoms with van der Waals surface area (Å²) >= 11 is 0.891. The van der Waals surface area contributed by atoms with Crippen molar-refractivity contribution in [3.8, 4) is 5.75 Å². The van der Waals surface area contributed by atoms with Crippen LogP contribution in [0, 0.1) is 6.92 Å². The molecule has 0 fully saturated rings. The number of benzene rings is 1. The van der Waals surface area contributed by atoms with Crippen molar-refractivity contribution >= 4 is 33.0 Å². The maximum atomic E-state index is 12.7. The standard InChI is InChI=1S/C18H24F2N4O4S2/c1-9(2)12-7-11(28-16(19)20)6-10(3)14(12)23-17(25)24-30(21,27)13-8-22-15(29-13)18(4,5)26/h6-9,16,26H,1-5H3,(H3,21,23,24,25,27). The van der Waals surface area contributed by atoms with Crippen molar-refractivity contribution in [3.05, 3.63) is 34.5 Å². The molecule has 0 saturated carbocycles. The second-order valence-corrected chi connectivity index (χ2v) is 10.4. The summed E-state index contributed by atoms with van der Waals surface area (Å²) in [5.74, 6) is -0.175. The largest absolute Gasteiger partial charge is 0.435 e. The summed E-state index contributed by atoms with van der Waals surface area (Å²) in [6.07, 6.45) is 1.21. The van der Waals surface area contributed by atoms with Gasteiger partial charge in [0.15, 0.2) is 9.92 Å². The third kappa shape index (κ3) is 5.94. The summed E-state index contributed by atoms with van der Waals surface area (Å²) in [4.78, 5) is 16.4. The maximum Gasteiger partial charge on any atom is 0.387 e. The van der Waals surface area contributed by atoms with Crippen LogP contribution < -0.4 is 15.2 Å². The smallest absolute Gasteiger partial charge is 0.387 e. The number of rotatable bonds is 6. The third-order valence-electron chi connectivity index (χ3n) is 3.93. The number of hydrogen-bond acceptors (Lipinski definition) is 6. The Morgan fingerprint density at radius 3 is 2.53 bits per heavy atom. The average molecular weight is 463 g/mol. The number of aryl methyl sites for hydroxylation is 1. The molecule has 0 spiro atoms. The fourth-order valence-electron chi connectivity index (χ4n) is 2.55. The molecule has 0 bridgehead atoms. The molecule has 0 radical (unpaired) electrons. The minimum Gasteiger partial charge on any atom is -0.435 e. The van der Waals surface area contributed by atoms with Crippen LogP contribution in [0.4, 0.5) is 19.3 Å². The number of nitrogens with two attached hydrogens (primary N) is 1. The van der Waals surface area contributed by atoms with Crippen molar-refractivity contribution in [1.82, 2.24) is 4.98 Å². The lowest BCUT2D eigenvalue weighted by Crippen LogP contribution is -2.18. The number of ether oxygens (including phenoxy) is 1. The Labute approximate surface area is 177 Å². The molecule has 1 aromatic carbocycles. The van der Waals surface area contributed by atoms with Gasteiger partial charge in [0, 0.05) is 5.69 Å². The van der Waals surface area contributed by atoms with Crippen LogP contribution in [0.3, 0.4) is 0 Å². The van der Waals surface area contributed by atoms with Crippen molar-refractivity contribution in [2.45, 2.75) is 57.0 Å². The number of carbonyl (C=O) groups is 1. The van der Waals surface area contributed by atoms with Crippen molar-refractivity contribution in [1.29, 1.82) is 0 Å². The molecule has 0 aliphatic heterocycles. The predicted molar refractivity (Wildman–Crippen MR) is 111 cm³/mol. The fourth-order valence-corrected chi connectivity index (χ4v) is 4.62. The van der Waals surface area contributed by atoms with E-state index < -0.39 is 28.2 Å². The van der Waals surface area contributed by atoms with Crippen LogP contribution in [-0.4, -0.2) is 26.9 Å². The second-order valence-electron chi connectivity index (χ2n) is 7.37. The number of halogens is 2. The van der Waals surface area contributed by atoms with Crippen LogP contribution in [0.5, 0.6) is 5.75 Å². The van der Waals surface area contributed by atoms with Gasteiger partial charge in [-0.1, -0.05) is 13.8 Å². The topological polar surface area (TPSA) is 127 Å². The van der Waals surface area contributed by atoms with Gasteiger partial charge in [-0.3, -0.25) is 0 Å². The van der Waals surface area contributed by atoms with Gasteiger partial charge in [0.25, 0.3) is 0 Å². The van der Waals surface area contributed by atoms with E-state index in [1.165, 1.54) is 32.2 Å². The Balaban J connectivity index is 2.37. The molecule has 2 amide bonds. The van der Waals surface area contributed by atoms with Gasteiger partial charge in [-0.05, 0) is 49.9 Å². The zero-order chi connectivity index (χ0) is 22.9. The van der Waals surface area contributed by atoms with E-state index in [2.05, 4.69) is 19.4 Å². The number of amides is 2. The van der Waals surface area contributed by atoms with Crippen LogP contribution in [0.2, 0.25) is 0 Å². The van der Waals surface area contributed by atoms with E-state index in [-0.39, 0.29) is 20.9 Å². The molecule has 1 heterocycles. The van der Waals surface area contributed by atoms with Crippen LogP contribution in [0.1, 0.15) is 49.7 Å². The highest BCUT2D eigenvalue weighted by Crippen LogP contribution is 2.33. The highest BCUT2D eigenvalue weighted by molar-refractivity contribution is 7.93. The predicted octanol–water partition coefficient (Wildman–Crippen LogP) is 4.34. The monoisotopic (exact) mass is 462 g/mol. The normalized spacial score (nSPS) is 14.0. The Morgan fingerprint density at radius 2 is 2.03 bits per heavy atom. The highest BCUT2D eigenvalue weighted by atomic mass is 32.2. The van der Waals surface area contributed by atoms with Crippen molar-refractivity contribution < 1.29 is 27.6 Å². The number of nitrogens with one attached hydrogen (secondary N) is 1. The van der Waals surface area contributed by atoms with E-state index in [1.54, 1.807) is 6.92 Å². The Morgan fingerprint density at radius 1 is 1.40 bits per heavy atom. The molecule has 12 heteroatoms. The molecular formula is C18H24F2N4O4S2. The van der Waals surface area contributed by atoms with E-state index in [4.69, 9.17) is 5.14 Å². The highest BCUT2D eigenvalue weighted by Gasteiger charge is 2.24. The molecule has 0 aliphatic carbocycles. The van der Waals surface area contributed by atoms with E-state index >= 15 is 0 Å². The van der Waals surface area contributed by atoms with Gasteiger partial charge in [-0.2, -0.15) is 8.78 Å². The number of aromatic nitrogens is 1. The molecule has 0 saturated heterocycles. The first-order valence-corrected chi connectivity index (χ1v) is 11.2. The van der Waals surface area contributed by atoms with E-state index in [1.807, 2.05) is 13.8 Å². The minimum absolute atomic E-state index is 0.0347. The summed E-state index contributed by atoms with van der Waals surface area (Å²) in [6, 6.07) is 1.79. The summed E-state index contributed by atoms with van der Waals surface area (Å²) in [7, 11) is -3.61. The summed E-state index contributed by atoms with van der Waals surface area (Å²) < 4.78 is 45.9. The van der Waals surface area contributed by atoms with E-state index in [9.17, 15) is 22.9 Å². The molecule has 1 atom stereocenters. The molecule has 2 aromatic rings. The number of thiazole rings is 1. The lowest BCUT2D eigenvalue weighted by atomic mass is 9.97. The van der Waals surface area contributed by atoms with Gasteiger partial charge in [0.2, 0.25) is 0 Å². The lowest BCUT2D eigenvalue weighted by Gasteiger charge is -2.18. The number of anilines is 1. The van der Waals surface area contributed by atoms with E-state index in [0.717, 1.165) is 11.3 Å². The quantitative estimate of drug-likeness (QED) is 0.589. The Bertz CT molecular complexity index is 1050. The Kier molecular flexibility index (Phi) is 7.17. The molecule has 0 aliphatic rings. The van der Waals surface area contributed by atoms with Crippen molar-refractivity contribution in [2.75, 3.05) is 5.32 Å². The zero-order valence-corrected chi connectivity index (χ0v) is 18.7. The molecule has 1 unspecified atom stereocenters. The van der Waals surface area contributed by atoms with Gasteiger partial charge in [0.05, 0.1) is 6.20 Å². The van der Waals surface area contributed by atoms with Gasteiger partial charge in [-0.25, -0.2) is 19.1 Å². The number of hydrogen-bond donors (Lipinski definition) is 3. The summed E-state index contributed by atoms with van der Waals surface area (Å²) in [5.41, 5.74) is 0.0920. The first kappa shape index (κ1) is 24.1. The first-order chi connectivity index (χ1) is 13.7. The number of urea groups is 1. The van der Waals surface area contributed by atoms with Crippen LogP contribution in [0.25, 0.3) is 0 Å². The van der Waals surface area contributed by atoms with Gasteiger partial charge in [-0.15, -0.1) is 15.7 Å². The van der Waals surface area contributed by atoms with Crippen LogP contribution in [-0.2, 0) is 15.5 Å². The summed E-state index contributed by atoms with van der Waals surface area (Å²) in [5, 5.41) is 18.5. The number of aliphatic hydroxyl groups is 1. The zero-order valence-electron chi connectivity index (χ0n) is 17.1. The molecule has 166 valence electrons. The molecular weight excluding hydrogens is 438 g/mol. The number of carbonyl (C=O) groups excluding carboxylic acids is 1. The first-order valence-electron chi connectivity index (χ1n) is 8.84. The number of nitrogens with zero attached hydrogens (tertiary/aromatic N) is 2. The van der Waals surface area contributed by atoms with Crippen molar-refractivity contribution in [3.63, 3.8) is 0 Å². The molecule has 30 heavy (non-hydrogen) atoms. The van der Waals surface area contributed by atoms with Crippen LogP contribution >= 0.6 is 11.3 Å². The summed E-state index contributed by atoms with van der Waals surface area (Å²) in [6.45, 7) is 5.28. The molecule has 8 nitrogen and oxygen atoms in total. The van der Waals surface area contributed by atoms with Crippen molar-refractivity contribution in [2.24, 2.45) is 9.50 Å². The number of alkyl halides is 2. The SMILES string of the molecule is Cc1cc(OC(F)F)cc(C(C)C)c1NC(=O)N=S(N)(=O)c1cnc(C(C)(C)O)s1. The minimum atomic E-state index is -3.61. The lowest BCUT2D eigenvalue weighted by molar-refractivity contribution is -0.0499. The van der Waals surface area contributed by atoms with E-state index in [0.29, 0.717) is 16.8 Å². The molecule has 4 N–H and O–H groups in total. The fraction of sp³-hybridized carbons (Fsp3) is 0.444. The third-order valence-corrected chi connectivity index (χ3v) is 7.12.